The van der Waals surface area contributed by atoms with Crippen LogP contribution in [0.4, 0.5) is 4.39 Å². The summed E-state index contributed by atoms with van der Waals surface area (Å²) in [6.07, 6.45) is 0. The number of furan rings is 1. The average Bonchev–Trinajstić information content (AvgIpc) is 2.85. The number of nitrogens with one attached hydrogen (secondary N) is 1. The van der Waals surface area contributed by atoms with Gasteiger partial charge in [-0.25, -0.2) is 4.39 Å². The van der Waals surface area contributed by atoms with E-state index in [2.05, 4.69) is 5.32 Å². The van der Waals surface area contributed by atoms with Crippen molar-refractivity contribution in [3.05, 3.63) is 45.9 Å². The van der Waals surface area contributed by atoms with Crippen LogP contribution in [-0.2, 0) is 0 Å². The minimum absolute atomic E-state index is 0.0137. The molecule has 0 amide bonds. The second kappa shape index (κ2) is 5.95. The molecule has 2 aromatic rings. The summed E-state index contributed by atoms with van der Waals surface area (Å²) in [5.74, 6) is 0.817. The molecule has 0 aliphatic carbocycles. The lowest BCUT2D eigenvalue weighted by Gasteiger charge is -2.08. The zero-order valence-corrected chi connectivity index (χ0v) is 12.1. The normalized spacial score (nSPS) is 12.7. The van der Waals surface area contributed by atoms with E-state index in [9.17, 15) is 4.39 Å². The van der Waals surface area contributed by atoms with Crippen molar-refractivity contribution in [3.8, 4) is 11.3 Å². The fourth-order valence-corrected chi connectivity index (χ4v) is 2.33. The first-order valence-electron chi connectivity index (χ1n) is 6.01. The Kier molecular flexibility index (Phi) is 4.50. The highest BCUT2D eigenvalue weighted by molar-refractivity contribution is 6.35. The molecule has 2 nitrogen and oxygen atoms in total. The van der Waals surface area contributed by atoms with Gasteiger partial charge in [0.15, 0.2) is 5.82 Å². The van der Waals surface area contributed by atoms with Crippen LogP contribution in [0.2, 0.25) is 10.0 Å². The van der Waals surface area contributed by atoms with Gasteiger partial charge in [0.1, 0.15) is 11.5 Å². The topological polar surface area (TPSA) is 25.2 Å². The van der Waals surface area contributed by atoms with Crippen LogP contribution in [0.15, 0.2) is 28.7 Å². The molecule has 102 valence electrons. The van der Waals surface area contributed by atoms with Gasteiger partial charge in [-0.15, -0.1) is 0 Å². The van der Waals surface area contributed by atoms with Crippen LogP contribution >= 0.6 is 23.2 Å². The van der Waals surface area contributed by atoms with E-state index in [0.29, 0.717) is 11.3 Å². The summed E-state index contributed by atoms with van der Waals surface area (Å²) < 4.78 is 19.1. The van der Waals surface area contributed by atoms with Crippen molar-refractivity contribution in [2.24, 2.45) is 0 Å². The van der Waals surface area contributed by atoms with Crippen LogP contribution in [0.25, 0.3) is 11.3 Å². The van der Waals surface area contributed by atoms with E-state index >= 15 is 0 Å². The standard InChI is InChI=1S/C14H14Cl2FNO/c1-3-18-8(2)12-4-5-13(19-12)9-6-10(15)14(17)11(16)7-9/h4-8,18H,3H2,1-2H3. The van der Waals surface area contributed by atoms with Crippen LogP contribution in [0.3, 0.4) is 0 Å². The summed E-state index contributed by atoms with van der Waals surface area (Å²) in [4.78, 5) is 0. The van der Waals surface area contributed by atoms with Gasteiger partial charge in [-0.1, -0.05) is 30.1 Å². The summed E-state index contributed by atoms with van der Waals surface area (Å²) in [6, 6.07) is 6.83. The van der Waals surface area contributed by atoms with Gasteiger partial charge in [-0.2, -0.15) is 0 Å². The van der Waals surface area contributed by atoms with Gasteiger partial charge in [-0.05, 0) is 37.7 Å². The van der Waals surface area contributed by atoms with Crippen molar-refractivity contribution in [3.63, 3.8) is 0 Å². The Bertz CT molecular complexity index is 560. The largest absolute Gasteiger partial charge is 0.459 e. The Hall–Kier alpha value is -1.03. The Morgan fingerprint density at radius 2 is 1.89 bits per heavy atom. The molecule has 0 radical (unpaired) electrons. The third kappa shape index (κ3) is 3.11. The molecule has 1 unspecified atom stereocenters. The average molecular weight is 302 g/mol. The second-order valence-corrected chi connectivity index (χ2v) is 5.05. The van der Waals surface area contributed by atoms with Gasteiger partial charge >= 0.3 is 0 Å². The third-order valence-corrected chi connectivity index (χ3v) is 3.38. The number of hydrogen-bond donors (Lipinski definition) is 1. The molecular weight excluding hydrogens is 288 g/mol. The first-order chi connectivity index (χ1) is 9.02. The molecule has 19 heavy (non-hydrogen) atoms. The molecular formula is C14H14Cl2FNO. The van der Waals surface area contributed by atoms with Crippen LogP contribution < -0.4 is 5.32 Å². The fraction of sp³-hybridized carbons (Fsp3) is 0.286. The van der Waals surface area contributed by atoms with Gasteiger partial charge in [0.2, 0.25) is 0 Å². The van der Waals surface area contributed by atoms with Crippen LogP contribution in [0.5, 0.6) is 0 Å². The van der Waals surface area contributed by atoms with Crippen molar-refractivity contribution in [1.82, 2.24) is 5.32 Å². The zero-order chi connectivity index (χ0) is 14.0. The molecule has 1 aromatic carbocycles. The molecule has 1 aromatic heterocycles. The highest BCUT2D eigenvalue weighted by Gasteiger charge is 2.13. The predicted molar refractivity (Wildman–Crippen MR) is 76.2 cm³/mol. The maximum absolute atomic E-state index is 13.4. The summed E-state index contributed by atoms with van der Waals surface area (Å²) in [6.45, 7) is 4.89. The molecule has 1 N–H and O–H groups in total. The molecule has 0 saturated carbocycles. The maximum Gasteiger partial charge on any atom is 0.160 e. The number of rotatable bonds is 4. The number of benzene rings is 1. The molecule has 1 heterocycles. The molecule has 5 heteroatoms. The molecule has 0 spiro atoms. The lowest BCUT2D eigenvalue weighted by molar-refractivity contribution is 0.445. The minimum atomic E-state index is -0.611. The molecule has 2 rings (SSSR count). The highest BCUT2D eigenvalue weighted by atomic mass is 35.5. The van der Waals surface area contributed by atoms with E-state index in [0.717, 1.165) is 12.3 Å². The van der Waals surface area contributed by atoms with Gasteiger partial charge in [0.05, 0.1) is 16.1 Å². The molecule has 0 aliphatic rings. The van der Waals surface area contributed by atoms with Gasteiger partial charge in [0.25, 0.3) is 0 Å². The summed E-state index contributed by atoms with van der Waals surface area (Å²) in [5, 5.41) is 3.23. The molecule has 0 saturated heterocycles. The van der Waals surface area contributed by atoms with E-state index in [1.807, 2.05) is 26.0 Å². The van der Waals surface area contributed by atoms with Gasteiger partial charge in [0, 0.05) is 5.56 Å². The van der Waals surface area contributed by atoms with E-state index in [4.69, 9.17) is 27.6 Å². The quantitative estimate of drug-likeness (QED) is 0.798. The smallest absolute Gasteiger partial charge is 0.160 e. The predicted octanol–water partition coefficient (Wildman–Crippen LogP) is 5.06. The van der Waals surface area contributed by atoms with E-state index < -0.39 is 5.82 Å². The second-order valence-electron chi connectivity index (χ2n) is 4.24. The lowest BCUT2D eigenvalue weighted by atomic mass is 10.2. The molecule has 0 fully saturated rings. The van der Waals surface area contributed by atoms with E-state index in [1.165, 1.54) is 12.1 Å². The minimum Gasteiger partial charge on any atom is -0.459 e. The monoisotopic (exact) mass is 301 g/mol. The Balaban J connectivity index is 2.33. The fourth-order valence-electron chi connectivity index (χ4n) is 1.85. The molecule has 0 bridgehead atoms. The van der Waals surface area contributed by atoms with E-state index in [-0.39, 0.29) is 16.1 Å². The summed E-state index contributed by atoms with van der Waals surface area (Å²) in [7, 11) is 0. The Labute approximate surface area is 121 Å². The molecule has 1 atom stereocenters. The SMILES string of the molecule is CCNC(C)c1ccc(-c2cc(Cl)c(F)c(Cl)c2)o1. The molecule has 0 aliphatic heterocycles. The van der Waals surface area contributed by atoms with Crippen molar-refractivity contribution in [2.45, 2.75) is 19.9 Å². The summed E-state index contributed by atoms with van der Waals surface area (Å²) >= 11 is 11.5. The summed E-state index contributed by atoms with van der Waals surface area (Å²) in [5.41, 5.74) is 0.659. The third-order valence-electron chi connectivity index (χ3n) is 2.83. The van der Waals surface area contributed by atoms with Gasteiger partial charge < -0.3 is 9.73 Å². The number of halogens is 3. The zero-order valence-electron chi connectivity index (χ0n) is 10.6. The Morgan fingerprint density at radius 3 is 2.47 bits per heavy atom. The van der Waals surface area contributed by atoms with Gasteiger partial charge in [-0.3, -0.25) is 0 Å². The van der Waals surface area contributed by atoms with E-state index in [1.54, 1.807) is 0 Å². The number of hydrogen-bond acceptors (Lipinski definition) is 2. The van der Waals surface area contributed by atoms with Crippen molar-refractivity contribution in [1.29, 1.82) is 0 Å². The van der Waals surface area contributed by atoms with Crippen molar-refractivity contribution in [2.75, 3.05) is 6.54 Å². The van der Waals surface area contributed by atoms with Crippen LogP contribution in [0, 0.1) is 5.82 Å². The first-order valence-corrected chi connectivity index (χ1v) is 6.76. The Morgan fingerprint density at radius 1 is 1.26 bits per heavy atom. The highest BCUT2D eigenvalue weighted by Crippen LogP contribution is 2.32. The van der Waals surface area contributed by atoms with Crippen LogP contribution in [0.1, 0.15) is 25.6 Å². The van der Waals surface area contributed by atoms with Crippen LogP contribution in [-0.4, -0.2) is 6.54 Å². The lowest BCUT2D eigenvalue weighted by Crippen LogP contribution is -2.16. The van der Waals surface area contributed by atoms with Crippen molar-refractivity contribution < 1.29 is 8.81 Å². The van der Waals surface area contributed by atoms with Crippen molar-refractivity contribution >= 4 is 23.2 Å². The first kappa shape index (κ1) is 14.4. The maximum atomic E-state index is 13.4.